The van der Waals surface area contributed by atoms with E-state index < -0.39 is 24.5 Å². The van der Waals surface area contributed by atoms with Gasteiger partial charge in [0, 0.05) is 6.08 Å². The Bertz CT molecular complexity index is 522. The summed E-state index contributed by atoms with van der Waals surface area (Å²) in [6, 6.07) is 5.99. The standard InChI is InChI=1S/C13H14N2O5/c1-19-10-5-2-9(3-6-10)4-7-12(17)20-8-11(16)15-13(14)18/h2-7H,8H2,1H3,(H3,14,15,16,18). The highest BCUT2D eigenvalue weighted by Gasteiger charge is 2.06. The van der Waals surface area contributed by atoms with Gasteiger partial charge in [0.2, 0.25) is 0 Å². The summed E-state index contributed by atoms with van der Waals surface area (Å²) in [6.07, 6.45) is 2.69. The Morgan fingerprint density at radius 2 is 1.90 bits per heavy atom. The highest BCUT2D eigenvalue weighted by molar-refractivity contribution is 5.95. The Morgan fingerprint density at radius 3 is 2.45 bits per heavy atom. The summed E-state index contributed by atoms with van der Waals surface area (Å²) in [6.45, 7) is -0.575. The molecule has 0 aliphatic carbocycles. The molecule has 0 spiro atoms. The first-order valence-corrected chi connectivity index (χ1v) is 5.59. The molecule has 0 fully saturated rings. The van der Waals surface area contributed by atoms with E-state index in [0.717, 1.165) is 5.56 Å². The first kappa shape index (κ1) is 15.2. The Labute approximate surface area is 115 Å². The van der Waals surface area contributed by atoms with Crippen LogP contribution in [0.1, 0.15) is 5.56 Å². The minimum absolute atomic E-state index is 0.575. The number of methoxy groups -OCH3 is 1. The third kappa shape index (κ3) is 5.67. The lowest BCUT2D eigenvalue weighted by atomic mass is 10.2. The second-order valence-electron chi connectivity index (χ2n) is 3.63. The molecule has 3 amide bonds. The summed E-state index contributed by atoms with van der Waals surface area (Å²) >= 11 is 0. The normalized spacial score (nSPS) is 10.1. The summed E-state index contributed by atoms with van der Waals surface area (Å²) in [5.41, 5.74) is 5.49. The molecule has 7 nitrogen and oxygen atoms in total. The van der Waals surface area contributed by atoms with E-state index in [2.05, 4.69) is 4.74 Å². The van der Waals surface area contributed by atoms with Crippen molar-refractivity contribution in [2.45, 2.75) is 0 Å². The number of rotatable bonds is 5. The van der Waals surface area contributed by atoms with Crippen molar-refractivity contribution in [2.24, 2.45) is 5.73 Å². The average molecular weight is 278 g/mol. The Balaban J connectivity index is 2.42. The predicted octanol–water partition coefficient (Wildman–Crippen LogP) is 0.447. The molecule has 0 atom stereocenters. The smallest absolute Gasteiger partial charge is 0.331 e. The molecule has 0 aliphatic heterocycles. The van der Waals surface area contributed by atoms with Crippen LogP contribution in [0.15, 0.2) is 30.3 Å². The Hall–Kier alpha value is -2.83. The molecule has 3 N–H and O–H groups in total. The van der Waals surface area contributed by atoms with E-state index in [-0.39, 0.29) is 0 Å². The number of primary amides is 1. The van der Waals surface area contributed by atoms with E-state index in [1.807, 2.05) is 0 Å². The van der Waals surface area contributed by atoms with Gasteiger partial charge in [-0.1, -0.05) is 12.1 Å². The van der Waals surface area contributed by atoms with Crippen molar-refractivity contribution >= 4 is 24.0 Å². The zero-order chi connectivity index (χ0) is 15.0. The second-order valence-corrected chi connectivity index (χ2v) is 3.63. The number of ether oxygens (including phenoxy) is 2. The molecule has 1 rings (SSSR count). The number of amides is 3. The Morgan fingerprint density at radius 1 is 1.25 bits per heavy atom. The lowest BCUT2D eigenvalue weighted by molar-refractivity contribution is -0.143. The van der Waals surface area contributed by atoms with Gasteiger partial charge in [0.25, 0.3) is 5.91 Å². The van der Waals surface area contributed by atoms with Crippen LogP contribution in [0.5, 0.6) is 5.75 Å². The molecule has 0 saturated heterocycles. The lowest BCUT2D eigenvalue weighted by Gasteiger charge is -2.01. The number of urea groups is 1. The van der Waals surface area contributed by atoms with Crippen molar-refractivity contribution in [1.82, 2.24) is 5.32 Å². The molecule has 0 aromatic heterocycles. The summed E-state index contributed by atoms with van der Waals surface area (Å²) < 4.78 is 9.59. The van der Waals surface area contributed by atoms with E-state index in [1.54, 1.807) is 36.7 Å². The zero-order valence-electron chi connectivity index (χ0n) is 10.8. The topological polar surface area (TPSA) is 108 Å². The minimum atomic E-state index is -1.00. The van der Waals surface area contributed by atoms with Gasteiger partial charge in [0.1, 0.15) is 5.75 Å². The molecule has 7 heteroatoms. The number of hydrogen-bond donors (Lipinski definition) is 2. The van der Waals surface area contributed by atoms with Crippen LogP contribution in [0.25, 0.3) is 6.08 Å². The molecule has 0 saturated carbocycles. The van der Waals surface area contributed by atoms with Gasteiger partial charge in [0.05, 0.1) is 7.11 Å². The van der Waals surface area contributed by atoms with Crippen LogP contribution < -0.4 is 15.8 Å². The van der Waals surface area contributed by atoms with Gasteiger partial charge >= 0.3 is 12.0 Å². The number of benzene rings is 1. The molecule has 0 heterocycles. The maximum Gasteiger partial charge on any atom is 0.331 e. The second kappa shape index (κ2) is 7.57. The highest BCUT2D eigenvalue weighted by Crippen LogP contribution is 2.12. The fourth-order valence-electron chi connectivity index (χ4n) is 1.24. The van der Waals surface area contributed by atoms with Gasteiger partial charge < -0.3 is 15.2 Å². The number of esters is 1. The molecule has 106 valence electrons. The summed E-state index contributed by atoms with van der Waals surface area (Å²) in [5.74, 6) is -0.794. The maximum atomic E-state index is 11.3. The van der Waals surface area contributed by atoms with Gasteiger partial charge in [-0.05, 0) is 23.8 Å². The molecular formula is C13H14N2O5. The number of imide groups is 1. The van der Waals surface area contributed by atoms with Crippen molar-refractivity contribution in [3.63, 3.8) is 0 Å². The monoisotopic (exact) mass is 278 g/mol. The first-order chi connectivity index (χ1) is 9.51. The van der Waals surface area contributed by atoms with Gasteiger partial charge in [-0.2, -0.15) is 0 Å². The van der Waals surface area contributed by atoms with Crippen molar-refractivity contribution in [2.75, 3.05) is 13.7 Å². The van der Waals surface area contributed by atoms with E-state index >= 15 is 0 Å². The van der Waals surface area contributed by atoms with Crippen molar-refractivity contribution in [3.05, 3.63) is 35.9 Å². The molecule has 0 aliphatic rings. The summed E-state index contributed by atoms with van der Waals surface area (Å²) in [5, 5.41) is 1.77. The predicted molar refractivity (Wildman–Crippen MR) is 70.7 cm³/mol. The van der Waals surface area contributed by atoms with E-state index in [0.29, 0.717) is 5.75 Å². The van der Waals surface area contributed by atoms with Crippen LogP contribution in [0.4, 0.5) is 4.79 Å². The number of carbonyl (C=O) groups excluding carboxylic acids is 3. The SMILES string of the molecule is COc1ccc(C=CC(=O)OCC(=O)NC(N)=O)cc1. The van der Waals surface area contributed by atoms with Crippen molar-refractivity contribution < 1.29 is 23.9 Å². The van der Waals surface area contributed by atoms with Gasteiger partial charge in [-0.3, -0.25) is 10.1 Å². The fraction of sp³-hybridized carbons (Fsp3) is 0.154. The molecular weight excluding hydrogens is 264 g/mol. The molecule has 0 bridgehead atoms. The van der Waals surface area contributed by atoms with Crippen LogP contribution in [-0.2, 0) is 14.3 Å². The largest absolute Gasteiger partial charge is 0.497 e. The molecule has 0 unspecified atom stereocenters. The number of nitrogens with one attached hydrogen (secondary N) is 1. The fourth-order valence-corrected chi connectivity index (χ4v) is 1.24. The maximum absolute atomic E-state index is 11.3. The van der Waals surface area contributed by atoms with Gasteiger partial charge in [0.15, 0.2) is 6.61 Å². The summed E-state index contributed by atoms with van der Waals surface area (Å²) in [4.78, 5) is 32.6. The third-order valence-corrected chi connectivity index (χ3v) is 2.14. The van der Waals surface area contributed by atoms with Crippen molar-refractivity contribution in [3.8, 4) is 5.75 Å². The van der Waals surface area contributed by atoms with E-state index in [9.17, 15) is 14.4 Å². The van der Waals surface area contributed by atoms with Crippen LogP contribution in [0.3, 0.4) is 0 Å². The van der Waals surface area contributed by atoms with E-state index in [4.69, 9.17) is 10.5 Å². The molecule has 1 aromatic rings. The quantitative estimate of drug-likeness (QED) is 0.600. The highest BCUT2D eigenvalue weighted by atomic mass is 16.5. The zero-order valence-corrected chi connectivity index (χ0v) is 10.8. The van der Waals surface area contributed by atoms with Crippen LogP contribution in [-0.4, -0.2) is 31.6 Å². The van der Waals surface area contributed by atoms with Crippen molar-refractivity contribution in [1.29, 1.82) is 0 Å². The number of nitrogens with two attached hydrogens (primary N) is 1. The van der Waals surface area contributed by atoms with Crippen LogP contribution in [0.2, 0.25) is 0 Å². The average Bonchev–Trinajstić information content (AvgIpc) is 2.42. The molecule has 20 heavy (non-hydrogen) atoms. The van der Waals surface area contributed by atoms with E-state index in [1.165, 1.54) is 12.2 Å². The van der Waals surface area contributed by atoms with Gasteiger partial charge in [-0.15, -0.1) is 0 Å². The molecule has 1 aromatic carbocycles. The number of hydrogen-bond acceptors (Lipinski definition) is 5. The Kier molecular flexibility index (Phi) is 5.76. The lowest BCUT2D eigenvalue weighted by Crippen LogP contribution is -2.37. The number of carbonyl (C=O) groups is 3. The molecule has 0 radical (unpaired) electrons. The van der Waals surface area contributed by atoms with Crippen LogP contribution in [0, 0.1) is 0 Å². The van der Waals surface area contributed by atoms with Gasteiger partial charge in [-0.25, -0.2) is 9.59 Å². The van der Waals surface area contributed by atoms with Crippen LogP contribution >= 0.6 is 0 Å². The first-order valence-electron chi connectivity index (χ1n) is 5.59. The summed E-state index contributed by atoms with van der Waals surface area (Å²) in [7, 11) is 1.55. The minimum Gasteiger partial charge on any atom is -0.497 e. The third-order valence-electron chi connectivity index (χ3n) is 2.14.